The van der Waals surface area contributed by atoms with Gasteiger partial charge in [-0.05, 0) is 19.8 Å². The van der Waals surface area contributed by atoms with Crippen molar-refractivity contribution in [2.75, 3.05) is 0 Å². The second kappa shape index (κ2) is 3.51. The third-order valence-electron chi connectivity index (χ3n) is 2.53. The van der Waals surface area contributed by atoms with Gasteiger partial charge in [-0.1, -0.05) is 25.7 Å². The van der Waals surface area contributed by atoms with E-state index in [2.05, 4.69) is 0 Å². The van der Waals surface area contributed by atoms with Crippen molar-refractivity contribution in [1.29, 1.82) is 0 Å². The molecular formula is C9H16F2. The fourth-order valence-corrected chi connectivity index (χ4v) is 1.61. The first-order valence-corrected chi connectivity index (χ1v) is 4.46. The lowest BCUT2D eigenvalue weighted by atomic mass is 9.88. The zero-order chi connectivity index (χ0) is 8.32. The minimum Gasteiger partial charge on any atom is -0.244 e. The van der Waals surface area contributed by atoms with E-state index in [1.165, 1.54) is 6.92 Å². The van der Waals surface area contributed by atoms with Crippen molar-refractivity contribution in [2.45, 2.75) is 57.3 Å². The molecule has 0 N–H and O–H groups in total. The number of rotatable bonds is 0. The summed E-state index contributed by atoms with van der Waals surface area (Å²) >= 11 is 0. The molecule has 0 amide bonds. The van der Waals surface area contributed by atoms with E-state index in [1.54, 1.807) is 0 Å². The molecule has 1 fully saturated rings. The van der Waals surface area contributed by atoms with Gasteiger partial charge in [0.05, 0.1) is 0 Å². The summed E-state index contributed by atoms with van der Waals surface area (Å²) in [6, 6.07) is 0. The quantitative estimate of drug-likeness (QED) is 0.512. The molecular weight excluding hydrogens is 146 g/mol. The zero-order valence-electron chi connectivity index (χ0n) is 7.08. The van der Waals surface area contributed by atoms with E-state index in [1.807, 2.05) is 0 Å². The van der Waals surface area contributed by atoms with E-state index in [-0.39, 0.29) is 0 Å². The Kier molecular flexibility index (Phi) is 2.85. The van der Waals surface area contributed by atoms with Gasteiger partial charge in [-0.3, -0.25) is 0 Å². The number of hydrogen-bond acceptors (Lipinski definition) is 0. The van der Waals surface area contributed by atoms with E-state index < -0.39 is 11.8 Å². The maximum Gasteiger partial charge on any atom is 0.139 e. The van der Waals surface area contributed by atoms with Gasteiger partial charge in [0.1, 0.15) is 11.8 Å². The second-order valence-electron chi connectivity index (χ2n) is 3.70. The van der Waals surface area contributed by atoms with Gasteiger partial charge >= 0.3 is 0 Å². The second-order valence-corrected chi connectivity index (χ2v) is 3.70. The van der Waals surface area contributed by atoms with E-state index in [0.29, 0.717) is 12.8 Å². The van der Waals surface area contributed by atoms with Crippen LogP contribution in [0.15, 0.2) is 0 Å². The molecule has 0 bridgehead atoms. The number of alkyl halides is 2. The Hall–Kier alpha value is -0.140. The monoisotopic (exact) mass is 162 g/mol. The van der Waals surface area contributed by atoms with Crippen LogP contribution in [-0.4, -0.2) is 11.8 Å². The van der Waals surface area contributed by atoms with Crippen LogP contribution in [0.2, 0.25) is 0 Å². The summed E-state index contributed by atoms with van der Waals surface area (Å²) in [5.74, 6) is 0. The lowest BCUT2D eigenvalue weighted by Gasteiger charge is -2.26. The SMILES string of the molecule is CC1(F)CCCCCCC1F. The average molecular weight is 162 g/mol. The molecule has 0 aromatic carbocycles. The summed E-state index contributed by atoms with van der Waals surface area (Å²) < 4.78 is 26.4. The van der Waals surface area contributed by atoms with E-state index >= 15 is 0 Å². The smallest absolute Gasteiger partial charge is 0.139 e. The first kappa shape index (κ1) is 8.95. The Morgan fingerprint density at radius 1 is 1.18 bits per heavy atom. The van der Waals surface area contributed by atoms with Gasteiger partial charge in [0.25, 0.3) is 0 Å². The van der Waals surface area contributed by atoms with Crippen molar-refractivity contribution in [2.24, 2.45) is 0 Å². The van der Waals surface area contributed by atoms with Crippen molar-refractivity contribution in [3.63, 3.8) is 0 Å². The molecule has 2 atom stereocenters. The molecule has 0 aliphatic heterocycles. The number of hydrogen-bond donors (Lipinski definition) is 0. The van der Waals surface area contributed by atoms with E-state index in [0.717, 1.165) is 25.7 Å². The number of halogens is 2. The highest BCUT2D eigenvalue weighted by Gasteiger charge is 2.34. The van der Waals surface area contributed by atoms with Gasteiger partial charge in [0, 0.05) is 0 Å². The first-order valence-electron chi connectivity index (χ1n) is 4.46. The molecule has 2 unspecified atom stereocenters. The summed E-state index contributed by atoms with van der Waals surface area (Å²) in [6.07, 6.45) is 3.39. The molecule has 1 aliphatic rings. The molecule has 0 heterocycles. The lowest BCUT2D eigenvalue weighted by Crippen LogP contribution is -2.32. The summed E-state index contributed by atoms with van der Waals surface area (Å²) in [7, 11) is 0. The maximum atomic E-state index is 13.3. The van der Waals surface area contributed by atoms with Gasteiger partial charge in [-0.2, -0.15) is 0 Å². The molecule has 0 aromatic heterocycles. The predicted octanol–water partition coefficient (Wildman–Crippen LogP) is 3.41. The normalized spacial score (nSPS) is 41.2. The van der Waals surface area contributed by atoms with Crippen molar-refractivity contribution in [3.8, 4) is 0 Å². The fourth-order valence-electron chi connectivity index (χ4n) is 1.61. The third kappa shape index (κ3) is 2.42. The van der Waals surface area contributed by atoms with Gasteiger partial charge in [0.15, 0.2) is 0 Å². The zero-order valence-corrected chi connectivity index (χ0v) is 7.08. The third-order valence-corrected chi connectivity index (χ3v) is 2.53. The maximum absolute atomic E-state index is 13.3. The van der Waals surface area contributed by atoms with Crippen molar-refractivity contribution < 1.29 is 8.78 Å². The summed E-state index contributed by atoms with van der Waals surface area (Å²) in [5, 5.41) is 0. The van der Waals surface area contributed by atoms with Crippen molar-refractivity contribution >= 4 is 0 Å². The van der Waals surface area contributed by atoms with Crippen molar-refractivity contribution in [1.82, 2.24) is 0 Å². The molecule has 11 heavy (non-hydrogen) atoms. The molecule has 1 rings (SSSR count). The largest absolute Gasteiger partial charge is 0.244 e. The minimum absolute atomic E-state index is 0.397. The topological polar surface area (TPSA) is 0 Å². The fraction of sp³-hybridized carbons (Fsp3) is 1.00. The highest BCUT2D eigenvalue weighted by Crippen LogP contribution is 2.31. The van der Waals surface area contributed by atoms with Crippen LogP contribution >= 0.6 is 0 Å². The van der Waals surface area contributed by atoms with Crippen LogP contribution in [-0.2, 0) is 0 Å². The summed E-state index contributed by atoms with van der Waals surface area (Å²) in [5.41, 5.74) is -1.56. The van der Waals surface area contributed by atoms with Crippen LogP contribution in [0.5, 0.6) is 0 Å². The van der Waals surface area contributed by atoms with Crippen LogP contribution in [0, 0.1) is 0 Å². The average Bonchev–Trinajstić information content (AvgIpc) is 1.93. The minimum atomic E-state index is -1.56. The Bertz CT molecular complexity index is 121. The van der Waals surface area contributed by atoms with Gasteiger partial charge in [0.2, 0.25) is 0 Å². The molecule has 0 spiro atoms. The van der Waals surface area contributed by atoms with Crippen LogP contribution in [0.1, 0.15) is 45.4 Å². The Labute approximate surface area is 67.0 Å². The summed E-state index contributed by atoms with van der Waals surface area (Å²) in [6.45, 7) is 1.39. The van der Waals surface area contributed by atoms with Gasteiger partial charge < -0.3 is 0 Å². The highest BCUT2D eigenvalue weighted by atomic mass is 19.2. The van der Waals surface area contributed by atoms with Gasteiger partial charge in [-0.25, -0.2) is 8.78 Å². The standard InChI is InChI=1S/C9H16F2/c1-9(11)7-5-3-2-4-6-8(9)10/h8H,2-7H2,1H3. The molecule has 0 radical (unpaired) electrons. The molecule has 2 heteroatoms. The van der Waals surface area contributed by atoms with Crippen LogP contribution in [0.25, 0.3) is 0 Å². The Balaban J connectivity index is 2.47. The Morgan fingerprint density at radius 3 is 2.55 bits per heavy atom. The van der Waals surface area contributed by atoms with Gasteiger partial charge in [-0.15, -0.1) is 0 Å². The summed E-state index contributed by atoms with van der Waals surface area (Å²) in [4.78, 5) is 0. The molecule has 1 saturated carbocycles. The van der Waals surface area contributed by atoms with Crippen molar-refractivity contribution in [3.05, 3.63) is 0 Å². The molecule has 0 aromatic rings. The lowest BCUT2D eigenvalue weighted by molar-refractivity contribution is 0.0434. The van der Waals surface area contributed by atoms with E-state index in [4.69, 9.17) is 0 Å². The first-order chi connectivity index (χ1) is 5.13. The molecule has 0 saturated heterocycles. The predicted molar refractivity (Wildman–Crippen MR) is 42.1 cm³/mol. The highest BCUT2D eigenvalue weighted by molar-refractivity contribution is 4.83. The molecule has 1 aliphatic carbocycles. The Morgan fingerprint density at radius 2 is 1.82 bits per heavy atom. The molecule has 66 valence electrons. The van der Waals surface area contributed by atoms with Crippen LogP contribution < -0.4 is 0 Å². The van der Waals surface area contributed by atoms with Crippen LogP contribution in [0.4, 0.5) is 8.78 Å². The van der Waals surface area contributed by atoms with Crippen LogP contribution in [0.3, 0.4) is 0 Å². The van der Waals surface area contributed by atoms with E-state index in [9.17, 15) is 8.78 Å². The molecule has 0 nitrogen and oxygen atoms in total.